The van der Waals surface area contributed by atoms with Crippen LogP contribution >= 0.6 is 34.9 Å². The zero-order valence-corrected chi connectivity index (χ0v) is 16.7. The first-order valence-corrected chi connectivity index (χ1v) is 12.0. The van der Waals surface area contributed by atoms with Gasteiger partial charge in [0.2, 0.25) is 5.91 Å². The van der Waals surface area contributed by atoms with Crippen molar-refractivity contribution in [3.63, 3.8) is 0 Å². The number of rotatable bonds is 7. The van der Waals surface area contributed by atoms with E-state index in [9.17, 15) is 13.2 Å². The van der Waals surface area contributed by atoms with Gasteiger partial charge in [-0.15, -0.1) is 10.2 Å². The predicted molar refractivity (Wildman–Crippen MR) is 96.1 cm³/mol. The molecule has 2 heterocycles. The van der Waals surface area contributed by atoms with Gasteiger partial charge in [-0.25, -0.2) is 8.42 Å². The molecule has 0 aromatic carbocycles. The average Bonchev–Trinajstić information content (AvgIpc) is 3.06. The van der Waals surface area contributed by atoms with Crippen LogP contribution in [0.5, 0.6) is 0 Å². The summed E-state index contributed by atoms with van der Waals surface area (Å²) in [4.78, 5) is 14.4. The van der Waals surface area contributed by atoms with Crippen molar-refractivity contribution in [3.8, 4) is 0 Å². The first kappa shape index (κ1) is 19.0. The van der Waals surface area contributed by atoms with E-state index in [0.29, 0.717) is 13.0 Å². The van der Waals surface area contributed by atoms with Crippen LogP contribution in [0.4, 0.5) is 0 Å². The number of hydrogen-bond acceptors (Lipinski definition) is 8. The largest absolute Gasteiger partial charge is 0.338 e. The highest BCUT2D eigenvalue weighted by atomic mass is 32.2. The second kappa shape index (κ2) is 8.17. The van der Waals surface area contributed by atoms with Crippen molar-refractivity contribution in [2.75, 3.05) is 23.8 Å². The lowest BCUT2D eigenvalue weighted by atomic mass is 10.2. The van der Waals surface area contributed by atoms with E-state index >= 15 is 0 Å². The molecule has 0 radical (unpaired) electrons. The topological polar surface area (TPSA) is 80.2 Å². The normalized spacial score (nSPS) is 21.3. The lowest BCUT2D eigenvalue weighted by molar-refractivity contribution is -0.131. The summed E-state index contributed by atoms with van der Waals surface area (Å²) in [5.74, 6) is 1.17. The third-order valence-corrected chi connectivity index (χ3v) is 8.41. The summed E-state index contributed by atoms with van der Waals surface area (Å²) >= 11 is 4.52. The zero-order chi connectivity index (χ0) is 17.0. The molecule has 1 aliphatic rings. The molecule has 1 aromatic rings. The molecule has 0 spiro atoms. The van der Waals surface area contributed by atoms with E-state index in [0.717, 1.165) is 14.4 Å². The van der Waals surface area contributed by atoms with Gasteiger partial charge in [-0.1, -0.05) is 41.8 Å². The number of carbonyl (C=O) groups excluding carboxylic acids is 1. The summed E-state index contributed by atoms with van der Waals surface area (Å²) in [5.41, 5.74) is 0. The third kappa shape index (κ3) is 5.07. The Balaban J connectivity index is 1.99. The first-order valence-electron chi connectivity index (χ1n) is 7.50. The molecule has 0 bridgehead atoms. The molecule has 1 aliphatic heterocycles. The van der Waals surface area contributed by atoms with E-state index in [2.05, 4.69) is 17.1 Å². The fourth-order valence-corrected chi connectivity index (χ4v) is 7.34. The van der Waals surface area contributed by atoms with Crippen LogP contribution < -0.4 is 0 Å². The Kier molecular flexibility index (Phi) is 6.76. The van der Waals surface area contributed by atoms with Crippen LogP contribution in [0.1, 0.15) is 27.2 Å². The van der Waals surface area contributed by atoms with E-state index in [1.807, 2.05) is 13.8 Å². The Morgan fingerprint density at radius 1 is 1.39 bits per heavy atom. The van der Waals surface area contributed by atoms with Crippen LogP contribution in [0.2, 0.25) is 0 Å². The van der Waals surface area contributed by atoms with Gasteiger partial charge in [-0.3, -0.25) is 4.79 Å². The molecule has 10 heteroatoms. The van der Waals surface area contributed by atoms with Gasteiger partial charge < -0.3 is 4.90 Å². The van der Waals surface area contributed by atoms with Crippen molar-refractivity contribution < 1.29 is 13.2 Å². The minimum Gasteiger partial charge on any atom is -0.338 e. The summed E-state index contributed by atoms with van der Waals surface area (Å²) in [5, 5.41) is 7.89. The van der Waals surface area contributed by atoms with Crippen LogP contribution in [-0.2, 0) is 14.6 Å². The number of hydrogen-bond donors (Lipinski definition) is 0. The molecule has 2 atom stereocenters. The molecule has 1 amide bonds. The molecule has 6 nitrogen and oxygen atoms in total. The van der Waals surface area contributed by atoms with Crippen molar-refractivity contribution in [1.29, 1.82) is 0 Å². The fraction of sp³-hybridized carbons (Fsp3) is 0.769. The third-order valence-electron chi connectivity index (χ3n) is 3.55. The van der Waals surface area contributed by atoms with Crippen LogP contribution in [0.15, 0.2) is 8.68 Å². The van der Waals surface area contributed by atoms with E-state index in [1.54, 1.807) is 16.7 Å². The van der Waals surface area contributed by atoms with Gasteiger partial charge in [0.25, 0.3) is 0 Å². The van der Waals surface area contributed by atoms with E-state index in [1.165, 1.54) is 23.1 Å². The lowest BCUT2D eigenvalue weighted by Crippen LogP contribution is -2.44. The first-order chi connectivity index (χ1) is 10.9. The summed E-state index contributed by atoms with van der Waals surface area (Å²) in [6, 6.07) is -0.193. The van der Waals surface area contributed by atoms with Gasteiger partial charge in [0, 0.05) is 12.6 Å². The highest BCUT2D eigenvalue weighted by Crippen LogP contribution is 2.32. The lowest BCUT2D eigenvalue weighted by Gasteiger charge is -2.29. The molecule has 0 saturated carbocycles. The molecule has 2 unspecified atom stereocenters. The summed E-state index contributed by atoms with van der Waals surface area (Å²) in [7, 11) is -3.00. The van der Waals surface area contributed by atoms with Crippen molar-refractivity contribution in [3.05, 3.63) is 0 Å². The molecule has 1 saturated heterocycles. The quantitative estimate of drug-likeness (QED) is 0.655. The summed E-state index contributed by atoms with van der Waals surface area (Å²) in [6.45, 7) is 6.31. The Morgan fingerprint density at radius 2 is 2.09 bits per heavy atom. The Labute approximate surface area is 149 Å². The van der Waals surface area contributed by atoms with Gasteiger partial charge in [-0.2, -0.15) is 0 Å². The maximum Gasteiger partial charge on any atom is 0.236 e. The second-order valence-corrected chi connectivity index (χ2v) is 11.5. The molecule has 23 heavy (non-hydrogen) atoms. The number of amides is 1. The van der Waals surface area contributed by atoms with Gasteiger partial charge in [0.15, 0.2) is 18.5 Å². The molecule has 1 aromatic heterocycles. The Hall–Kier alpha value is -0.320. The standard InChI is InChI=1S/C13H21N3O3S4/c1-4-16(10-6-7-23(18,19)8-10)11(17)9(3)21-13-15-14-12(22-13)20-5-2/h9-10H,4-8H2,1-3H3. The van der Waals surface area contributed by atoms with Gasteiger partial charge in [0.05, 0.1) is 16.8 Å². The maximum absolute atomic E-state index is 12.7. The van der Waals surface area contributed by atoms with Gasteiger partial charge in [0.1, 0.15) is 0 Å². The van der Waals surface area contributed by atoms with Crippen LogP contribution in [0, 0.1) is 0 Å². The minimum atomic E-state index is -3.00. The van der Waals surface area contributed by atoms with E-state index in [4.69, 9.17) is 0 Å². The van der Waals surface area contributed by atoms with Crippen molar-refractivity contribution in [2.24, 2.45) is 0 Å². The molecular formula is C13H21N3O3S4. The highest BCUT2D eigenvalue weighted by molar-refractivity contribution is 8.03. The Bertz CT molecular complexity index is 647. The predicted octanol–water partition coefficient (Wildman–Crippen LogP) is 2.17. The second-order valence-electron chi connectivity index (χ2n) is 5.21. The minimum absolute atomic E-state index is 0.0282. The van der Waals surface area contributed by atoms with Gasteiger partial charge >= 0.3 is 0 Å². The van der Waals surface area contributed by atoms with Crippen molar-refractivity contribution >= 4 is 50.6 Å². The van der Waals surface area contributed by atoms with E-state index in [-0.39, 0.29) is 28.7 Å². The highest BCUT2D eigenvalue weighted by Gasteiger charge is 2.35. The molecule has 130 valence electrons. The molecule has 1 fully saturated rings. The molecular weight excluding hydrogens is 374 g/mol. The van der Waals surface area contributed by atoms with Crippen LogP contribution in [-0.4, -0.2) is 64.5 Å². The number of nitrogens with zero attached hydrogens (tertiary/aromatic N) is 3. The van der Waals surface area contributed by atoms with Crippen LogP contribution in [0.25, 0.3) is 0 Å². The molecule has 0 aliphatic carbocycles. The zero-order valence-electron chi connectivity index (χ0n) is 13.4. The molecule has 0 N–H and O–H groups in total. The van der Waals surface area contributed by atoms with Crippen molar-refractivity contribution in [1.82, 2.24) is 15.1 Å². The number of carbonyl (C=O) groups is 1. The van der Waals surface area contributed by atoms with Crippen LogP contribution in [0.3, 0.4) is 0 Å². The van der Waals surface area contributed by atoms with E-state index < -0.39 is 9.84 Å². The number of thioether (sulfide) groups is 2. The SMILES string of the molecule is CCSc1nnc(SC(C)C(=O)N(CC)C2CCS(=O)(=O)C2)s1. The monoisotopic (exact) mass is 395 g/mol. The average molecular weight is 396 g/mol. The maximum atomic E-state index is 12.7. The summed E-state index contributed by atoms with van der Waals surface area (Å²) < 4.78 is 25.0. The Morgan fingerprint density at radius 3 is 2.65 bits per heavy atom. The fourth-order valence-electron chi connectivity index (χ4n) is 2.48. The molecule has 2 rings (SSSR count). The number of aromatic nitrogens is 2. The number of sulfone groups is 1. The summed E-state index contributed by atoms with van der Waals surface area (Å²) in [6.07, 6.45) is 0.537. The van der Waals surface area contributed by atoms with Gasteiger partial charge in [-0.05, 0) is 26.0 Å². The smallest absolute Gasteiger partial charge is 0.236 e. The van der Waals surface area contributed by atoms with Crippen molar-refractivity contribution in [2.45, 2.75) is 47.2 Å².